The van der Waals surface area contributed by atoms with Crippen LogP contribution in [0.3, 0.4) is 0 Å². The average molecular weight is 356 g/mol. The molecule has 0 fully saturated rings. The Labute approximate surface area is 144 Å². The van der Waals surface area contributed by atoms with Crippen LogP contribution in [0.5, 0.6) is 0 Å². The van der Waals surface area contributed by atoms with Crippen molar-refractivity contribution in [2.45, 2.75) is 6.54 Å². The lowest BCUT2D eigenvalue weighted by molar-refractivity contribution is 0.0943. The lowest BCUT2D eigenvalue weighted by Gasteiger charge is -2.05. The van der Waals surface area contributed by atoms with E-state index in [1.54, 1.807) is 18.2 Å². The Morgan fingerprint density at radius 2 is 2.24 bits per heavy atom. The maximum absolute atomic E-state index is 12.3. The van der Waals surface area contributed by atoms with Gasteiger partial charge in [0, 0.05) is 19.2 Å². The fourth-order valence-electron chi connectivity index (χ4n) is 2.34. The van der Waals surface area contributed by atoms with Gasteiger partial charge in [0.15, 0.2) is 11.5 Å². The van der Waals surface area contributed by atoms with Crippen LogP contribution in [0.1, 0.15) is 10.5 Å². The molecule has 4 rings (SSSR count). The molecule has 0 aliphatic carbocycles. The number of aromatic nitrogens is 3. The van der Waals surface area contributed by atoms with E-state index >= 15 is 0 Å². The highest BCUT2D eigenvalue weighted by Crippen LogP contribution is 2.20. The molecule has 4 aromatic rings. The Balaban J connectivity index is 1.40. The van der Waals surface area contributed by atoms with E-state index in [0.29, 0.717) is 28.3 Å². The number of hydrogen-bond donors (Lipinski definition) is 1. The van der Waals surface area contributed by atoms with Crippen molar-refractivity contribution in [2.75, 3.05) is 6.54 Å². The van der Waals surface area contributed by atoms with E-state index < -0.39 is 0 Å². The predicted molar refractivity (Wildman–Crippen MR) is 90.4 cm³/mol. The highest BCUT2D eigenvalue weighted by atomic mass is 32.1. The zero-order valence-electron chi connectivity index (χ0n) is 12.8. The summed E-state index contributed by atoms with van der Waals surface area (Å²) >= 11 is 1.35. The molecule has 4 aromatic heterocycles. The summed E-state index contributed by atoms with van der Waals surface area (Å²) in [5.74, 6) is 0.479. The SMILES string of the molecule is O=C(NCCn1cnc2ccsc2c1=O)c1cc(-c2ccco2)on1. The summed E-state index contributed by atoms with van der Waals surface area (Å²) in [6, 6.07) is 6.73. The van der Waals surface area contributed by atoms with Crippen molar-refractivity contribution in [3.8, 4) is 11.5 Å². The van der Waals surface area contributed by atoms with Crippen LogP contribution in [0.15, 0.2) is 56.0 Å². The Morgan fingerprint density at radius 3 is 3.08 bits per heavy atom. The highest BCUT2D eigenvalue weighted by Gasteiger charge is 2.15. The van der Waals surface area contributed by atoms with Gasteiger partial charge >= 0.3 is 0 Å². The second-order valence-corrected chi connectivity index (χ2v) is 6.10. The number of carbonyl (C=O) groups is 1. The van der Waals surface area contributed by atoms with E-state index in [0.717, 1.165) is 0 Å². The molecule has 0 spiro atoms. The summed E-state index contributed by atoms with van der Waals surface area (Å²) in [5, 5.41) is 8.25. The number of rotatable bonds is 5. The highest BCUT2D eigenvalue weighted by molar-refractivity contribution is 7.17. The third kappa shape index (κ3) is 2.96. The van der Waals surface area contributed by atoms with Crippen molar-refractivity contribution in [2.24, 2.45) is 0 Å². The van der Waals surface area contributed by atoms with Gasteiger partial charge in [0.05, 0.1) is 18.1 Å². The van der Waals surface area contributed by atoms with Crippen molar-refractivity contribution in [3.05, 3.63) is 58.3 Å². The van der Waals surface area contributed by atoms with Crippen LogP contribution in [0, 0.1) is 0 Å². The van der Waals surface area contributed by atoms with Crippen molar-refractivity contribution in [3.63, 3.8) is 0 Å². The Bertz CT molecular complexity index is 1080. The van der Waals surface area contributed by atoms with Gasteiger partial charge in [0.2, 0.25) is 5.76 Å². The maximum atomic E-state index is 12.3. The molecule has 0 aliphatic rings. The van der Waals surface area contributed by atoms with E-state index in [-0.39, 0.29) is 23.7 Å². The summed E-state index contributed by atoms with van der Waals surface area (Å²) in [6.45, 7) is 0.578. The van der Waals surface area contributed by atoms with E-state index in [9.17, 15) is 9.59 Å². The van der Waals surface area contributed by atoms with Gasteiger partial charge in [-0.2, -0.15) is 0 Å². The van der Waals surface area contributed by atoms with Crippen LogP contribution in [0.25, 0.3) is 21.7 Å². The molecule has 0 aliphatic heterocycles. The fourth-order valence-corrected chi connectivity index (χ4v) is 3.13. The molecule has 0 atom stereocenters. The lowest BCUT2D eigenvalue weighted by atomic mass is 10.3. The first-order chi connectivity index (χ1) is 12.2. The minimum atomic E-state index is -0.389. The number of fused-ring (bicyclic) bond motifs is 1. The quantitative estimate of drug-likeness (QED) is 0.588. The van der Waals surface area contributed by atoms with Crippen LogP contribution < -0.4 is 10.9 Å². The number of nitrogens with zero attached hydrogens (tertiary/aromatic N) is 3. The molecule has 0 saturated heterocycles. The molecular formula is C16H12N4O4S. The summed E-state index contributed by atoms with van der Waals surface area (Å²) in [4.78, 5) is 28.6. The minimum absolute atomic E-state index is 0.115. The van der Waals surface area contributed by atoms with Gasteiger partial charge < -0.3 is 14.3 Å². The van der Waals surface area contributed by atoms with Crippen molar-refractivity contribution >= 4 is 27.5 Å². The molecule has 0 radical (unpaired) electrons. The van der Waals surface area contributed by atoms with E-state index in [2.05, 4.69) is 15.5 Å². The summed E-state index contributed by atoms with van der Waals surface area (Å²) in [5.41, 5.74) is 0.713. The molecular weight excluding hydrogens is 344 g/mol. The molecule has 126 valence electrons. The Hall–Kier alpha value is -3.20. The molecule has 0 saturated carbocycles. The van der Waals surface area contributed by atoms with Crippen LogP contribution in [-0.4, -0.2) is 27.2 Å². The topological polar surface area (TPSA) is 103 Å². The standard InChI is InChI=1S/C16H12N4O4S/c21-15(11-8-13(24-19-11)12-2-1-6-23-12)17-4-5-20-9-18-10-3-7-25-14(10)16(20)22/h1-3,6-9H,4-5H2,(H,17,21). The maximum Gasteiger partial charge on any atom is 0.273 e. The van der Waals surface area contributed by atoms with E-state index in [1.165, 1.54) is 34.6 Å². The van der Waals surface area contributed by atoms with Crippen LogP contribution in [0.2, 0.25) is 0 Å². The molecule has 9 heteroatoms. The van der Waals surface area contributed by atoms with Gasteiger partial charge in [0.25, 0.3) is 11.5 Å². The molecule has 4 heterocycles. The van der Waals surface area contributed by atoms with Gasteiger partial charge in [-0.25, -0.2) is 4.98 Å². The van der Waals surface area contributed by atoms with Crippen LogP contribution >= 0.6 is 11.3 Å². The lowest BCUT2D eigenvalue weighted by Crippen LogP contribution is -2.30. The first-order valence-corrected chi connectivity index (χ1v) is 8.32. The zero-order valence-corrected chi connectivity index (χ0v) is 13.7. The molecule has 0 aromatic carbocycles. The average Bonchev–Trinajstić information content (AvgIpc) is 3.37. The Morgan fingerprint density at radius 1 is 1.32 bits per heavy atom. The zero-order chi connectivity index (χ0) is 17.2. The van der Waals surface area contributed by atoms with Crippen LogP contribution in [-0.2, 0) is 6.54 Å². The Kier molecular flexibility index (Phi) is 3.90. The monoisotopic (exact) mass is 356 g/mol. The number of nitrogens with one attached hydrogen (secondary N) is 1. The smallest absolute Gasteiger partial charge is 0.273 e. The number of amides is 1. The van der Waals surface area contributed by atoms with Crippen molar-refractivity contribution in [1.82, 2.24) is 20.0 Å². The van der Waals surface area contributed by atoms with E-state index in [4.69, 9.17) is 8.94 Å². The first-order valence-electron chi connectivity index (χ1n) is 7.44. The minimum Gasteiger partial charge on any atom is -0.461 e. The predicted octanol–water partition coefficient (Wildman–Crippen LogP) is 2.14. The number of hydrogen-bond acceptors (Lipinski definition) is 7. The summed E-state index contributed by atoms with van der Waals surface area (Å²) in [7, 11) is 0. The number of furan rings is 1. The summed E-state index contributed by atoms with van der Waals surface area (Å²) in [6.07, 6.45) is 2.99. The van der Waals surface area contributed by atoms with Crippen LogP contribution in [0.4, 0.5) is 0 Å². The largest absolute Gasteiger partial charge is 0.461 e. The van der Waals surface area contributed by atoms with Gasteiger partial charge in [-0.15, -0.1) is 11.3 Å². The number of carbonyl (C=O) groups excluding carboxylic acids is 1. The molecule has 0 unspecified atom stereocenters. The second-order valence-electron chi connectivity index (χ2n) is 5.19. The molecule has 8 nitrogen and oxygen atoms in total. The second kappa shape index (κ2) is 6.36. The van der Waals surface area contributed by atoms with Gasteiger partial charge in [-0.05, 0) is 23.6 Å². The van der Waals surface area contributed by atoms with Crippen molar-refractivity contribution in [1.29, 1.82) is 0 Å². The first kappa shape index (κ1) is 15.3. The molecule has 1 amide bonds. The molecule has 1 N–H and O–H groups in total. The summed E-state index contributed by atoms with van der Waals surface area (Å²) < 4.78 is 12.3. The van der Waals surface area contributed by atoms with E-state index in [1.807, 2.05) is 5.38 Å². The van der Waals surface area contributed by atoms with Gasteiger partial charge in [-0.1, -0.05) is 5.16 Å². The van der Waals surface area contributed by atoms with Gasteiger partial charge in [0.1, 0.15) is 4.70 Å². The third-order valence-electron chi connectivity index (χ3n) is 3.58. The third-order valence-corrected chi connectivity index (χ3v) is 4.47. The van der Waals surface area contributed by atoms with Crippen molar-refractivity contribution < 1.29 is 13.7 Å². The van der Waals surface area contributed by atoms with Gasteiger partial charge in [-0.3, -0.25) is 14.2 Å². The molecule has 25 heavy (non-hydrogen) atoms. The molecule has 0 bridgehead atoms. The normalized spacial score (nSPS) is 11.0. The fraction of sp³-hybridized carbons (Fsp3) is 0.125. The number of thiophene rings is 1.